The minimum absolute atomic E-state index is 0.299. The van der Waals surface area contributed by atoms with Crippen molar-refractivity contribution in [3.8, 4) is 0 Å². The normalized spacial score (nSPS) is 25.0. The molecule has 4 aromatic carbocycles. The van der Waals surface area contributed by atoms with Gasteiger partial charge in [0.1, 0.15) is 0 Å². The van der Waals surface area contributed by atoms with Crippen molar-refractivity contribution in [3.63, 3.8) is 0 Å². The van der Waals surface area contributed by atoms with Gasteiger partial charge < -0.3 is 18.9 Å². The molecular weight excluding hydrogens is 520 g/mol. The first-order valence-electron chi connectivity index (χ1n) is 15.5. The van der Waals surface area contributed by atoms with Gasteiger partial charge in [-0.2, -0.15) is 0 Å². The lowest BCUT2D eigenvalue weighted by Gasteiger charge is -2.41. The van der Waals surface area contributed by atoms with Crippen LogP contribution in [0.25, 0.3) is 0 Å². The van der Waals surface area contributed by atoms with Crippen molar-refractivity contribution in [2.45, 2.75) is 61.9 Å². The fourth-order valence-electron chi connectivity index (χ4n) is 7.00. The summed E-state index contributed by atoms with van der Waals surface area (Å²) in [5, 5.41) is 0. The molecule has 4 heteroatoms. The molecule has 4 fully saturated rings. The first-order valence-corrected chi connectivity index (χ1v) is 15.5. The van der Waals surface area contributed by atoms with Gasteiger partial charge in [0.05, 0.1) is 50.8 Å². The maximum Gasteiger partial charge on any atom is 0.0850 e. The minimum Gasteiger partial charge on any atom is -0.373 e. The molecule has 4 aliphatic heterocycles. The standard InChI is InChI=1S/C38H38O4/c1-2-13-30(26(9-1)17-31-22-39-31)21-38(35-14-6-3-10-27(35)18-32-23-40-32,36-15-7-4-11-28(36)19-33-24-41-33)37-16-8-5-12-29(37)20-34-25-42-34/h1-16,31-34H,17-25H2. The summed E-state index contributed by atoms with van der Waals surface area (Å²) in [7, 11) is 0. The summed E-state index contributed by atoms with van der Waals surface area (Å²) in [6.07, 6.45) is 5.84. The van der Waals surface area contributed by atoms with Gasteiger partial charge in [-0.25, -0.2) is 0 Å². The van der Waals surface area contributed by atoms with Crippen LogP contribution in [0.5, 0.6) is 0 Å². The molecule has 4 heterocycles. The molecule has 0 aromatic heterocycles. The van der Waals surface area contributed by atoms with Gasteiger partial charge in [0.15, 0.2) is 0 Å². The van der Waals surface area contributed by atoms with E-state index >= 15 is 0 Å². The van der Waals surface area contributed by atoms with E-state index in [1.54, 1.807) is 0 Å². The molecule has 0 saturated carbocycles. The second-order valence-corrected chi connectivity index (χ2v) is 12.5. The lowest BCUT2D eigenvalue weighted by atomic mass is 9.61. The zero-order valence-corrected chi connectivity index (χ0v) is 24.0. The Morgan fingerprint density at radius 3 is 1.05 bits per heavy atom. The van der Waals surface area contributed by atoms with Crippen LogP contribution in [-0.2, 0) is 56.5 Å². The topological polar surface area (TPSA) is 50.1 Å². The van der Waals surface area contributed by atoms with Crippen molar-refractivity contribution < 1.29 is 18.9 Å². The average Bonchev–Trinajstić information content (AvgIpc) is 3.80. The van der Waals surface area contributed by atoms with Crippen molar-refractivity contribution in [3.05, 3.63) is 142 Å². The number of rotatable bonds is 13. The highest BCUT2D eigenvalue weighted by Crippen LogP contribution is 2.48. The summed E-state index contributed by atoms with van der Waals surface area (Å²) in [6.45, 7) is 3.39. The molecule has 42 heavy (non-hydrogen) atoms. The number of benzene rings is 4. The molecule has 4 nitrogen and oxygen atoms in total. The molecule has 0 N–H and O–H groups in total. The van der Waals surface area contributed by atoms with Gasteiger partial charge in [-0.3, -0.25) is 0 Å². The number of hydrogen-bond donors (Lipinski definition) is 0. The van der Waals surface area contributed by atoms with Crippen LogP contribution < -0.4 is 0 Å². The zero-order valence-electron chi connectivity index (χ0n) is 24.0. The summed E-state index contributed by atoms with van der Waals surface area (Å²) in [4.78, 5) is 0. The van der Waals surface area contributed by atoms with Crippen LogP contribution in [-0.4, -0.2) is 50.8 Å². The Labute approximate surface area is 248 Å². The zero-order chi connectivity index (χ0) is 27.9. The van der Waals surface area contributed by atoms with Gasteiger partial charge >= 0.3 is 0 Å². The highest BCUT2D eigenvalue weighted by atomic mass is 16.6. The number of ether oxygens (including phenoxy) is 4. The molecule has 4 unspecified atom stereocenters. The van der Waals surface area contributed by atoms with Crippen LogP contribution in [0.15, 0.2) is 97.1 Å². The Kier molecular flexibility index (Phi) is 6.96. The molecule has 4 saturated heterocycles. The van der Waals surface area contributed by atoms with Gasteiger partial charge in [-0.1, -0.05) is 97.1 Å². The van der Waals surface area contributed by atoms with Crippen molar-refractivity contribution >= 4 is 0 Å². The third kappa shape index (κ3) is 5.57. The summed E-state index contributed by atoms with van der Waals surface area (Å²) < 4.78 is 23.1. The molecule has 0 spiro atoms. The Hall–Kier alpha value is -3.28. The second-order valence-electron chi connectivity index (χ2n) is 12.5. The van der Waals surface area contributed by atoms with Gasteiger partial charge in [-0.05, 0) is 50.9 Å². The van der Waals surface area contributed by atoms with E-state index < -0.39 is 5.41 Å². The maximum absolute atomic E-state index is 5.80. The lowest BCUT2D eigenvalue weighted by Crippen LogP contribution is -2.36. The highest BCUT2D eigenvalue weighted by molar-refractivity contribution is 5.59. The number of epoxide rings is 4. The molecular formula is C38H38O4. The van der Waals surface area contributed by atoms with Crippen LogP contribution in [0.1, 0.15) is 44.5 Å². The van der Waals surface area contributed by atoms with Crippen molar-refractivity contribution in [1.29, 1.82) is 0 Å². The van der Waals surface area contributed by atoms with Crippen molar-refractivity contribution in [1.82, 2.24) is 0 Å². The summed E-state index contributed by atoms with van der Waals surface area (Å²) in [6, 6.07) is 36.4. The predicted octanol–water partition coefficient (Wildman–Crippen LogP) is 6.03. The first kappa shape index (κ1) is 26.4. The van der Waals surface area contributed by atoms with Crippen LogP contribution in [0.4, 0.5) is 0 Å². The Morgan fingerprint density at radius 1 is 0.405 bits per heavy atom. The van der Waals surface area contributed by atoms with Crippen molar-refractivity contribution in [2.75, 3.05) is 26.4 Å². The van der Waals surface area contributed by atoms with Crippen LogP contribution in [0.3, 0.4) is 0 Å². The van der Waals surface area contributed by atoms with E-state index in [2.05, 4.69) is 97.1 Å². The monoisotopic (exact) mass is 558 g/mol. The highest BCUT2D eigenvalue weighted by Gasteiger charge is 2.43. The van der Waals surface area contributed by atoms with Crippen LogP contribution >= 0.6 is 0 Å². The average molecular weight is 559 g/mol. The first-order chi connectivity index (χ1) is 20.8. The third-order valence-electron chi connectivity index (χ3n) is 9.41. The molecule has 214 valence electrons. The fraction of sp³-hybridized carbons (Fsp3) is 0.368. The molecule has 8 rings (SSSR count). The smallest absolute Gasteiger partial charge is 0.0850 e. The van der Waals surface area contributed by atoms with Gasteiger partial charge in [0, 0.05) is 31.1 Å². The molecule has 0 aliphatic carbocycles. The molecule has 0 amide bonds. The SMILES string of the molecule is c1ccc(CC(c2ccccc2CC2CO2)(c2ccccc2CC2CO2)c2ccccc2CC2CO2)c(CC2CO2)c1. The largest absolute Gasteiger partial charge is 0.373 e. The molecule has 0 bridgehead atoms. The van der Waals surface area contributed by atoms with E-state index in [4.69, 9.17) is 18.9 Å². The minimum atomic E-state index is -0.414. The summed E-state index contributed by atoms with van der Waals surface area (Å²) in [5.41, 5.74) is 10.6. The fourth-order valence-corrected chi connectivity index (χ4v) is 7.00. The molecule has 4 atom stereocenters. The van der Waals surface area contributed by atoms with E-state index in [9.17, 15) is 0 Å². The summed E-state index contributed by atoms with van der Waals surface area (Å²) >= 11 is 0. The van der Waals surface area contributed by atoms with E-state index in [1.807, 2.05) is 0 Å². The molecule has 0 radical (unpaired) electrons. The van der Waals surface area contributed by atoms with Crippen LogP contribution in [0, 0.1) is 0 Å². The van der Waals surface area contributed by atoms with Crippen LogP contribution in [0.2, 0.25) is 0 Å². The molecule has 4 aromatic rings. The Morgan fingerprint density at radius 2 is 0.690 bits per heavy atom. The summed E-state index contributed by atoms with van der Waals surface area (Å²) in [5.74, 6) is 0. The van der Waals surface area contributed by atoms with Crippen molar-refractivity contribution in [2.24, 2.45) is 0 Å². The van der Waals surface area contributed by atoms with Gasteiger partial charge in [-0.15, -0.1) is 0 Å². The Bertz CT molecular complexity index is 1420. The maximum atomic E-state index is 5.80. The second kappa shape index (κ2) is 11.1. The quantitative estimate of drug-likeness (QED) is 0.149. The van der Waals surface area contributed by atoms with Gasteiger partial charge in [0.2, 0.25) is 0 Å². The lowest BCUT2D eigenvalue weighted by molar-refractivity contribution is 0.403. The number of hydrogen-bond acceptors (Lipinski definition) is 4. The van der Waals surface area contributed by atoms with E-state index in [-0.39, 0.29) is 0 Å². The van der Waals surface area contributed by atoms with E-state index in [1.165, 1.54) is 44.5 Å². The Balaban J connectivity index is 1.40. The molecule has 4 aliphatic rings. The van der Waals surface area contributed by atoms with E-state index in [0.29, 0.717) is 24.4 Å². The van der Waals surface area contributed by atoms with Gasteiger partial charge in [0.25, 0.3) is 0 Å². The van der Waals surface area contributed by atoms with E-state index in [0.717, 1.165) is 58.5 Å². The third-order valence-corrected chi connectivity index (χ3v) is 9.41. The predicted molar refractivity (Wildman–Crippen MR) is 163 cm³/mol.